The summed E-state index contributed by atoms with van der Waals surface area (Å²) in [4.78, 5) is 23.0. The average molecular weight is 203 g/mol. The molecule has 0 saturated heterocycles. The van der Waals surface area contributed by atoms with Crippen LogP contribution < -0.4 is 10.6 Å². The van der Waals surface area contributed by atoms with Crippen LogP contribution in [0.1, 0.15) is 6.92 Å². The fraction of sp³-hybridized carbons (Fsp3) is 0.750. The van der Waals surface area contributed by atoms with Crippen molar-refractivity contribution in [2.24, 2.45) is 0 Å². The summed E-state index contributed by atoms with van der Waals surface area (Å²) in [5.74, 6) is -0.122. The second-order valence-corrected chi connectivity index (χ2v) is 2.86. The number of nitrogens with one attached hydrogen (secondary N) is 2. The Bertz CT molecular complexity index is 196. The molecular weight excluding hydrogens is 186 g/mol. The predicted octanol–water partition coefficient (Wildman–Crippen LogP) is -1.24. The topological polar surface area (TPSA) is 81.7 Å². The molecule has 0 radical (unpaired) electrons. The lowest BCUT2D eigenvalue weighted by atomic mass is 10.5. The van der Waals surface area contributed by atoms with Gasteiger partial charge in [0.15, 0.2) is 0 Å². The third-order valence-electron chi connectivity index (χ3n) is 1.56. The summed E-state index contributed by atoms with van der Waals surface area (Å²) >= 11 is 0. The number of urea groups is 1. The Morgan fingerprint density at radius 3 is 2.36 bits per heavy atom. The van der Waals surface area contributed by atoms with Gasteiger partial charge in [0.05, 0.1) is 6.61 Å². The van der Waals surface area contributed by atoms with Gasteiger partial charge >= 0.3 is 6.03 Å². The molecule has 3 N–H and O–H groups in total. The van der Waals surface area contributed by atoms with Crippen LogP contribution in [0.3, 0.4) is 0 Å². The summed E-state index contributed by atoms with van der Waals surface area (Å²) in [6.07, 6.45) is 0. The Labute approximate surface area is 83.3 Å². The van der Waals surface area contributed by atoms with Crippen LogP contribution in [0.5, 0.6) is 0 Å². The van der Waals surface area contributed by atoms with E-state index >= 15 is 0 Å². The van der Waals surface area contributed by atoms with Gasteiger partial charge in [0.2, 0.25) is 5.91 Å². The van der Waals surface area contributed by atoms with Crippen LogP contribution in [0.25, 0.3) is 0 Å². The summed E-state index contributed by atoms with van der Waals surface area (Å²) < 4.78 is 0. The molecule has 0 aromatic carbocycles. The smallest absolute Gasteiger partial charge is 0.317 e. The maximum Gasteiger partial charge on any atom is 0.317 e. The minimum absolute atomic E-state index is 0.0599. The highest BCUT2D eigenvalue weighted by molar-refractivity contribution is 5.74. The summed E-state index contributed by atoms with van der Waals surface area (Å²) in [6.45, 7) is 2.45. The maximum atomic E-state index is 11.2. The summed E-state index contributed by atoms with van der Waals surface area (Å²) in [6, 6.07) is -0.260. The second-order valence-electron chi connectivity index (χ2n) is 2.86. The number of likely N-dealkylation sites (N-methyl/N-ethyl adjacent to an activating group) is 1. The molecule has 0 spiro atoms. The lowest BCUT2D eigenvalue weighted by Crippen LogP contribution is -2.41. The van der Waals surface area contributed by atoms with E-state index in [2.05, 4.69) is 10.6 Å². The van der Waals surface area contributed by atoms with E-state index in [9.17, 15) is 9.59 Å². The molecule has 0 aliphatic carbocycles. The van der Waals surface area contributed by atoms with Gasteiger partial charge in [-0.3, -0.25) is 4.79 Å². The molecule has 82 valence electrons. The Morgan fingerprint density at radius 1 is 1.29 bits per heavy atom. The van der Waals surface area contributed by atoms with E-state index in [1.54, 1.807) is 7.05 Å². The van der Waals surface area contributed by atoms with E-state index in [-0.39, 0.29) is 18.5 Å². The molecule has 3 amide bonds. The molecule has 6 nitrogen and oxygen atoms in total. The van der Waals surface area contributed by atoms with Gasteiger partial charge in [0.25, 0.3) is 0 Å². The van der Waals surface area contributed by atoms with Crippen molar-refractivity contribution in [1.82, 2.24) is 15.5 Å². The van der Waals surface area contributed by atoms with E-state index in [1.165, 1.54) is 11.8 Å². The molecule has 0 saturated carbocycles. The molecule has 0 unspecified atom stereocenters. The summed E-state index contributed by atoms with van der Waals surface area (Å²) in [7, 11) is 1.59. The van der Waals surface area contributed by atoms with Gasteiger partial charge in [-0.1, -0.05) is 0 Å². The van der Waals surface area contributed by atoms with E-state index in [0.717, 1.165) is 0 Å². The van der Waals surface area contributed by atoms with Crippen molar-refractivity contribution >= 4 is 11.9 Å². The molecule has 0 heterocycles. The number of hydrogen-bond acceptors (Lipinski definition) is 3. The SMILES string of the molecule is CC(=O)NCCNC(=O)N(C)CCO. The van der Waals surface area contributed by atoms with Crippen molar-refractivity contribution in [3.63, 3.8) is 0 Å². The van der Waals surface area contributed by atoms with E-state index in [1.807, 2.05) is 0 Å². The highest BCUT2D eigenvalue weighted by Crippen LogP contribution is 1.81. The van der Waals surface area contributed by atoms with Crippen molar-refractivity contribution in [2.45, 2.75) is 6.92 Å². The first-order valence-electron chi connectivity index (χ1n) is 4.42. The average Bonchev–Trinajstić information content (AvgIpc) is 2.12. The number of aliphatic hydroxyl groups is 1. The molecule has 0 bridgehead atoms. The van der Waals surface area contributed by atoms with Crippen LogP contribution in [-0.2, 0) is 4.79 Å². The van der Waals surface area contributed by atoms with Gasteiger partial charge in [0, 0.05) is 33.6 Å². The molecular formula is C8H17N3O3. The first-order chi connectivity index (χ1) is 6.57. The summed E-state index contributed by atoms with van der Waals surface area (Å²) in [5, 5.41) is 13.7. The molecule has 14 heavy (non-hydrogen) atoms. The fourth-order valence-corrected chi connectivity index (χ4v) is 0.794. The third kappa shape index (κ3) is 6.24. The van der Waals surface area contributed by atoms with Crippen LogP contribution in [-0.4, -0.2) is 55.2 Å². The Morgan fingerprint density at radius 2 is 1.86 bits per heavy atom. The molecule has 6 heteroatoms. The lowest BCUT2D eigenvalue weighted by Gasteiger charge is -2.16. The van der Waals surface area contributed by atoms with Gasteiger partial charge in [-0.25, -0.2) is 4.79 Å². The van der Waals surface area contributed by atoms with Gasteiger partial charge in [0.1, 0.15) is 0 Å². The van der Waals surface area contributed by atoms with Crippen molar-refractivity contribution in [2.75, 3.05) is 33.3 Å². The molecule has 0 aliphatic rings. The molecule has 0 atom stereocenters. The lowest BCUT2D eigenvalue weighted by molar-refractivity contribution is -0.118. The number of aliphatic hydroxyl groups excluding tert-OH is 1. The molecule has 0 rings (SSSR count). The predicted molar refractivity (Wildman–Crippen MR) is 51.8 cm³/mol. The number of rotatable bonds is 5. The van der Waals surface area contributed by atoms with Gasteiger partial charge in [-0.15, -0.1) is 0 Å². The van der Waals surface area contributed by atoms with Crippen LogP contribution in [0, 0.1) is 0 Å². The molecule has 0 aromatic heterocycles. The highest BCUT2D eigenvalue weighted by Gasteiger charge is 2.05. The van der Waals surface area contributed by atoms with Gasteiger partial charge in [-0.05, 0) is 0 Å². The zero-order valence-electron chi connectivity index (χ0n) is 8.54. The third-order valence-corrected chi connectivity index (χ3v) is 1.56. The molecule has 0 aromatic rings. The van der Waals surface area contributed by atoms with Crippen molar-refractivity contribution in [3.05, 3.63) is 0 Å². The van der Waals surface area contributed by atoms with E-state index in [4.69, 9.17) is 5.11 Å². The number of carbonyl (C=O) groups is 2. The van der Waals surface area contributed by atoms with Crippen LogP contribution in [0.15, 0.2) is 0 Å². The van der Waals surface area contributed by atoms with Crippen LogP contribution >= 0.6 is 0 Å². The number of nitrogens with zero attached hydrogens (tertiary/aromatic N) is 1. The van der Waals surface area contributed by atoms with Crippen molar-refractivity contribution in [3.8, 4) is 0 Å². The first kappa shape index (κ1) is 12.7. The zero-order valence-corrected chi connectivity index (χ0v) is 8.54. The summed E-state index contributed by atoms with van der Waals surface area (Å²) in [5.41, 5.74) is 0. The van der Waals surface area contributed by atoms with Crippen LogP contribution in [0.2, 0.25) is 0 Å². The minimum Gasteiger partial charge on any atom is -0.395 e. The molecule has 0 aliphatic heterocycles. The quantitative estimate of drug-likeness (QED) is 0.489. The molecule has 0 fully saturated rings. The number of carbonyl (C=O) groups excluding carboxylic acids is 2. The maximum absolute atomic E-state index is 11.2. The monoisotopic (exact) mass is 203 g/mol. The minimum atomic E-state index is -0.260. The van der Waals surface area contributed by atoms with Gasteiger partial charge < -0.3 is 20.6 Å². The number of amides is 3. The van der Waals surface area contributed by atoms with Gasteiger partial charge in [-0.2, -0.15) is 0 Å². The Hall–Kier alpha value is -1.30. The number of hydrogen-bond donors (Lipinski definition) is 3. The normalized spacial score (nSPS) is 9.36. The van der Waals surface area contributed by atoms with Crippen LogP contribution in [0.4, 0.5) is 4.79 Å². The zero-order chi connectivity index (χ0) is 11.0. The Kier molecular flexibility index (Phi) is 6.47. The van der Waals surface area contributed by atoms with Crippen molar-refractivity contribution in [1.29, 1.82) is 0 Å². The second kappa shape index (κ2) is 7.14. The fourth-order valence-electron chi connectivity index (χ4n) is 0.794. The largest absolute Gasteiger partial charge is 0.395 e. The van der Waals surface area contributed by atoms with E-state index in [0.29, 0.717) is 19.6 Å². The standard InChI is InChI=1S/C8H17N3O3/c1-7(13)9-3-4-10-8(14)11(2)5-6-12/h12H,3-6H2,1-2H3,(H,9,13)(H,10,14). The van der Waals surface area contributed by atoms with E-state index < -0.39 is 0 Å². The first-order valence-corrected chi connectivity index (χ1v) is 4.42. The highest BCUT2D eigenvalue weighted by atomic mass is 16.3. The Balaban J connectivity index is 3.48. The van der Waals surface area contributed by atoms with Crippen molar-refractivity contribution < 1.29 is 14.7 Å².